The third-order valence-electron chi connectivity index (χ3n) is 5.23. The van der Waals surface area contributed by atoms with Crippen LogP contribution in [0.1, 0.15) is 30.4 Å². The van der Waals surface area contributed by atoms with Crippen LogP contribution in [0.5, 0.6) is 0 Å². The lowest BCUT2D eigenvalue weighted by molar-refractivity contribution is -0.190. The second kappa shape index (κ2) is 6.78. The normalized spacial score (nSPS) is 27.5. The van der Waals surface area contributed by atoms with E-state index >= 15 is 0 Å². The second-order valence-corrected chi connectivity index (χ2v) is 7.99. The summed E-state index contributed by atoms with van der Waals surface area (Å²) in [5.41, 5.74) is 0.488. The molecule has 0 saturated carbocycles. The van der Waals surface area contributed by atoms with Crippen LogP contribution in [0.3, 0.4) is 0 Å². The minimum absolute atomic E-state index is 0.0191. The molecule has 4 atom stereocenters. The van der Waals surface area contributed by atoms with Crippen molar-refractivity contribution in [2.24, 2.45) is 0 Å². The zero-order valence-electron chi connectivity index (χ0n) is 15.9. The molecule has 4 heterocycles. The molecule has 0 spiro atoms. The monoisotopic (exact) mass is 435 g/mol. The lowest BCUT2D eigenvalue weighted by Gasteiger charge is -2.24. The molecular formula is C20H16ClF2N3O4. The van der Waals surface area contributed by atoms with Crippen LogP contribution in [-0.4, -0.2) is 44.4 Å². The highest BCUT2D eigenvalue weighted by atomic mass is 35.5. The van der Waals surface area contributed by atoms with E-state index in [1.165, 1.54) is 12.4 Å². The maximum absolute atomic E-state index is 13.7. The van der Waals surface area contributed by atoms with E-state index in [1.54, 1.807) is 30.7 Å². The Morgan fingerprint density at radius 3 is 2.67 bits per heavy atom. The van der Waals surface area contributed by atoms with Crippen LogP contribution in [0, 0.1) is 11.6 Å². The molecule has 0 N–H and O–H groups in total. The number of ketones is 1. The number of halogens is 3. The third-order valence-corrected chi connectivity index (χ3v) is 5.53. The zero-order chi connectivity index (χ0) is 21.2. The first kappa shape index (κ1) is 19.5. The van der Waals surface area contributed by atoms with Crippen LogP contribution in [0.25, 0.3) is 11.0 Å². The number of aromatic nitrogens is 3. The number of ether oxygens (including phenoxy) is 3. The summed E-state index contributed by atoms with van der Waals surface area (Å²) in [5, 5.41) is 0.902. The molecule has 2 aliphatic heterocycles. The van der Waals surface area contributed by atoms with E-state index in [0.717, 1.165) is 12.1 Å². The van der Waals surface area contributed by atoms with Gasteiger partial charge in [-0.3, -0.25) is 4.79 Å². The van der Waals surface area contributed by atoms with Gasteiger partial charge in [0.15, 0.2) is 35.5 Å². The Balaban J connectivity index is 1.54. The van der Waals surface area contributed by atoms with Crippen molar-refractivity contribution in [1.82, 2.24) is 14.5 Å². The zero-order valence-corrected chi connectivity index (χ0v) is 16.6. The Bertz CT molecular complexity index is 1170. The van der Waals surface area contributed by atoms with Crippen molar-refractivity contribution < 1.29 is 27.8 Å². The van der Waals surface area contributed by atoms with Gasteiger partial charge in [0.1, 0.15) is 29.3 Å². The summed E-state index contributed by atoms with van der Waals surface area (Å²) in [5.74, 6) is -3.64. The number of hydrogen-bond donors (Lipinski definition) is 0. The van der Waals surface area contributed by atoms with Gasteiger partial charge in [-0.05, 0) is 38.1 Å². The first-order chi connectivity index (χ1) is 14.2. The van der Waals surface area contributed by atoms with Crippen molar-refractivity contribution in [2.45, 2.75) is 44.2 Å². The number of fused-ring (bicyclic) bond motifs is 2. The van der Waals surface area contributed by atoms with Gasteiger partial charge in [0.2, 0.25) is 0 Å². The maximum atomic E-state index is 13.7. The van der Waals surface area contributed by atoms with Gasteiger partial charge < -0.3 is 18.8 Å². The molecule has 30 heavy (non-hydrogen) atoms. The largest absolute Gasteiger partial charge is 0.341 e. The standard InChI is InChI=1S/C20H16ClF2N3O4/c1-20(2)29-15-14(13(27)9-3-4-11(22)12(23)7-9)28-19(16(15)30-20)26-6-5-10-17(21)24-8-25-18(10)26/h3-8,14-16,19H,1-2H3/t14-,15-,16-,19-/m1/s1. The van der Waals surface area contributed by atoms with Crippen molar-refractivity contribution in [3.63, 3.8) is 0 Å². The Hall–Kier alpha value is -2.46. The second-order valence-electron chi connectivity index (χ2n) is 7.63. The summed E-state index contributed by atoms with van der Waals surface area (Å²) in [6.07, 6.45) is -0.177. The molecule has 1 aromatic carbocycles. The minimum atomic E-state index is -1.11. The maximum Gasteiger partial charge on any atom is 0.194 e. The quantitative estimate of drug-likeness (QED) is 0.461. The molecular weight excluding hydrogens is 420 g/mol. The first-order valence-corrected chi connectivity index (χ1v) is 9.60. The van der Waals surface area contributed by atoms with Crippen LogP contribution >= 0.6 is 11.6 Å². The van der Waals surface area contributed by atoms with Gasteiger partial charge in [-0.15, -0.1) is 0 Å². The molecule has 0 bridgehead atoms. The molecule has 3 aromatic rings. The average Bonchev–Trinajstić information content (AvgIpc) is 3.34. The first-order valence-electron chi connectivity index (χ1n) is 9.22. The number of rotatable bonds is 3. The fraction of sp³-hybridized carbons (Fsp3) is 0.350. The molecule has 2 fully saturated rings. The van der Waals surface area contributed by atoms with E-state index in [-0.39, 0.29) is 10.7 Å². The Morgan fingerprint density at radius 1 is 1.13 bits per heavy atom. The summed E-state index contributed by atoms with van der Waals surface area (Å²) in [6.45, 7) is 3.46. The van der Waals surface area contributed by atoms with Gasteiger partial charge in [-0.1, -0.05) is 11.6 Å². The molecule has 2 aliphatic rings. The molecule has 2 aromatic heterocycles. The summed E-state index contributed by atoms with van der Waals surface area (Å²) in [4.78, 5) is 21.3. The summed E-state index contributed by atoms with van der Waals surface area (Å²) in [6, 6.07) is 4.70. The SMILES string of the molecule is CC1(C)O[C@@H]2[C@H](O1)[C@@H](C(=O)c1ccc(F)c(F)c1)O[C@H]2n1ccc2c(Cl)ncnc21. The van der Waals surface area contributed by atoms with E-state index in [1.807, 2.05) is 0 Å². The fourth-order valence-electron chi connectivity index (χ4n) is 3.97. The average molecular weight is 436 g/mol. The molecule has 156 valence electrons. The highest BCUT2D eigenvalue weighted by molar-refractivity contribution is 6.33. The van der Waals surface area contributed by atoms with Gasteiger partial charge in [-0.2, -0.15) is 0 Å². The van der Waals surface area contributed by atoms with Gasteiger partial charge in [0, 0.05) is 11.8 Å². The van der Waals surface area contributed by atoms with Crippen LogP contribution in [0.4, 0.5) is 8.78 Å². The number of carbonyl (C=O) groups is 1. The van der Waals surface area contributed by atoms with Crippen molar-refractivity contribution in [1.29, 1.82) is 0 Å². The van der Waals surface area contributed by atoms with E-state index in [0.29, 0.717) is 11.0 Å². The molecule has 0 radical (unpaired) electrons. The lowest BCUT2D eigenvalue weighted by atomic mass is 10.0. The molecule has 2 saturated heterocycles. The van der Waals surface area contributed by atoms with Crippen LogP contribution < -0.4 is 0 Å². The van der Waals surface area contributed by atoms with Crippen molar-refractivity contribution in [2.75, 3.05) is 0 Å². The van der Waals surface area contributed by atoms with Gasteiger partial charge in [0.05, 0.1) is 5.39 Å². The van der Waals surface area contributed by atoms with E-state index in [9.17, 15) is 13.6 Å². The van der Waals surface area contributed by atoms with E-state index in [2.05, 4.69) is 9.97 Å². The Labute approximate surface area is 174 Å². The topological polar surface area (TPSA) is 75.5 Å². The number of hydrogen-bond acceptors (Lipinski definition) is 6. The van der Waals surface area contributed by atoms with Crippen molar-refractivity contribution in [3.8, 4) is 0 Å². The summed E-state index contributed by atoms with van der Waals surface area (Å²) < 4.78 is 46.7. The number of benzene rings is 1. The molecule has 0 amide bonds. The third kappa shape index (κ3) is 3.01. The van der Waals surface area contributed by atoms with Crippen molar-refractivity contribution in [3.05, 3.63) is 59.1 Å². The number of Topliss-reactive ketones (excluding diaryl/α,β-unsaturated/α-hetero) is 1. The summed E-state index contributed by atoms with van der Waals surface area (Å²) >= 11 is 6.14. The van der Waals surface area contributed by atoms with E-state index < -0.39 is 47.7 Å². The molecule has 0 unspecified atom stereocenters. The molecule has 5 rings (SSSR count). The molecule has 10 heteroatoms. The minimum Gasteiger partial charge on any atom is -0.341 e. The van der Waals surface area contributed by atoms with Crippen LogP contribution in [-0.2, 0) is 14.2 Å². The Kier molecular flexibility index (Phi) is 4.41. The fourth-order valence-corrected chi connectivity index (χ4v) is 4.16. The van der Waals surface area contributed by atoms with E-state index in [4.69, 9.17) is 25.8 Å². The van der Waals surface area contributed by atoms with Crippen LogP contribution in [0.2, 0.25) is 5.15 Å². The van der Waals surface area contributed by atoms with Crippen molar-refractivity contribution >= 4 is 28.4 Å². The predicted molar refractivity (Wildman–Crippen MR) is 101 cm³/mol. The van der Waals surface area contributed by atoms with Gasteiger partial charge >= 0.3 is 0 Å². The summed E-state index contributed by atoms with van der Waals surface area (Å²) in [7, 11) is 0. The van der Waals surface area contributed by atoms with Crippen LogP contribution in [0.15, 0.2) is 36.8 Å². The van der Waals surface area contributed by atoms with Gasteiger partial charge in [-0.25, -0.2) is 18.7 Å². The Morgan fingerprint density at radius 2 is 1.90 bits per heavy atom. The number of nitrogens with zero attached hydrogens (tertiary/aromatic N) is 3. The predicted octanol–water partition coefficient (Wildman–Crippen LogP) is 3.66. The molecule has 0 aliphatic carbocycles. The molecule has 7 nitrogen and oxygen atoms in total. The highest BCUT2D eigenvalue weighted by Crippen LogP contribution is 2.45. The van der Waals surface area contributed by atoms with Gasteiger partial charge in [0.25, 0.3) is 0 Å². The highest BCUT2D eigenvalue weighted by Gasteiger charge is 2.58. The smallest absolute Gasteiger partial charge is 0.194 e. The number of carbonyl (C=O) groups excluding carboxylic acids is 1. The lowest BCUT2D eigenvalue weighted by Crippen LogP contribution is -2.35.